The lowest BCUT2D eigenvalue weighted by atomic mass is 9.86. The van der Waals surface area contributed by atoms with Crippen LogP contribution in [-0.4, -0.2) is 22.2 Å². The minimum Gasteiger partial charge on any atom is -0.444 e. The Morgan fingerprint density at radius 3 is 2.56 bits per heavy atom. The van der Waals surface area contributed by atoms with E-state index in [1.54, 1.807) is 0 Å². The van der Waals surface area contributed by atoms with Crippen molar-refractivity contribution in [2.24, 2.45) is 5.92 Å². The number of amides is 1. The van der Waals surface area contributed by atoms with Crippen molar-refractivity contribution in [1.82, 2.24) is 5.32 Å². The van der Waals surface area contributed by atoms with E-state index in [1.807, 2.05) is 20.8 Å². The molecule has 94 valence electrons. The summed E-state index contributed by atoms with van der Waals surface area (Å²) in [6.45, 7) is 5.68. The number of carbonyl (C=O) groups is 1. The van der Waals surface area contributed by atoms with E-state index in [4.69, 9.17) is 4.74 Å². The fraction of sp³-hybridized carbons (Fsp3) is 0.917. The molecule has 0 heterocycles. The Balaban J connectivity index is 2.42. The van der Waals surface area contributed by atoms with Crippen LogP contribution in [0.3, 0.4) is 0 Å². The molecule has 0 aromatic carbocycles. The second-order valence-corrected chi connectivity index (χ2v) is 6.33. The first-order valence-corrected chi connectivity index (χ1v) is 7.50. The summed E-state index contributed by atoms with van der Waals surface area (Å²) in [5.41, 5.74) is -0.404. The summed E-state index contributed by atoms with van der Waals surface area (Å²) in [6.07, 6.45) is 4.55. The smallest absolute Gasteiger partial charge is 0.407 e. The maximum atomic E-state index is 11.7. The lowest BCUT2D eigenvalue weighted by Crippen LogP contribution is -2.44. The quantitative estimate of drug-likeness (QED) is 0.618. The topological polar surface area (TPSA) is 38.3 Å². The number of alkyl halides is 1. The Morgan fingerprint density at radius 2 is 2.00 bits per heavy atom. The van der Waals surface area contributed by atoms with Crippen LogP contribution in [0, 0.1) is 5.92 Å². The number of carbonyl (C=O) groups excluding carboxylic acids is 1. The van der Waals surface area contributed by atoms with Crippen LogP contribution < -0.4 is 5.32 Å². The number of hydrogen-bond acceptors (Lipinski definition) is 2. The van der Waals surface area contributed by atoms with Crippen LogP contribution in [0.15, 0.2) is 0 Å². The highest BCUT2D eigenvalue weighted by atomic mass is 127. The predicted molar refractivity (Wildman–Crippen MR) is 74.0 cm³/mol. The molecule has 0 bridgehead atoms. The average molecular weight is 339 g/mol. The number of hydrogen-bond donors (Lipinski definition) is 1. The molecule has 1 amide bonds. The summed E-state index contributed by atoms with van der Waals surface area (Å²) in [7, 11) is 0. The normalized spacial score (nSPS) is 26.2. The zero-order valence-electron chi connectivity index (χ0n) is 10.4. The van der Waals surface area contributed by atoms with Crippen LogP contribution in [-0.2, 0) is 4.74 Å². The second-order valence-electron chi connectivity index (χ2n) is 5.45. The Morgan fingerprint density at radius 1 is 1.38 bits per heavy atom. The molecule has 3 nitrogen and oxygen atoms in total. The molecular weight excluding hydrogens is 317 g/mol. The van der Waals surface area contributed by atoms with Gasteiger partial charge in [-0.15, -0.1) is 0 Å². The van der Waals surface area contributed by atoms with Gasteiger partial charge in [0, 0.05) is 10.5 Å². The highest BCUT2D eigenvalue weighted by molar-refractivity contribution is 14.1. The SMILES string of the molecule is CC(C)(C)OC(=O)N[C@H]1CCCC[C@@H]1CI. The van der Waals surface area contributed by atoms with Gasteiger partial charge in [-0.2, -0.15) is 0 Å². The molecule has 0 spiro atoms. The molecule has 1 aliphatic rings. The molecule has 1 saturated carbocycles. The highest BCUT2D eigenvalue weighted by Gasteiger charge is 2.27. The van der Waals surface area contributed by atoms with Gasteiger partial charge in [0.1, 0.15) is 5.60 Å². The first kappa shape index (κ1) is 14.1. The largest absolute Gasteiger partial charge is 0.444 e. The van der Waals surface area contributed by atoms with Crippen molar-refractivity contribution in [2.75, 3.05) is 4.43 Å². The van der Waals surface area contributed by atoms with Crippen LogP contribution in [0.1, 0.15) is 46.5 Å². The Kier molecular flexibility index (Phi) is 5.34. The molecule has 0 unspecified atom stereocenters. The molecule has 16 heavy (non-hydrogen) atoms. The molecular formula is C12H22INO2. The van der Waals surface area contributed by atoms with E-state index in [9.17, 15) is 4.79 Å². The highest BCUT2D eigenvalue weighted by Crippen LogP contribution is 2.26. The third kappa shape index (κ3) is 4.89. The number of alkyl carbamates (subject to hydrolysis) is 1. The van der Waals surface area contributed by atoms with Gasteiger partial charge in [0.25, 0.3) is 0 Å². The summed E-state index contributed by atoms with van der Waals surface area (Å²) in [5.74, 6) is 0.613. The monoisotopic (exact) mass is 339 g/mol. The van der Waals surface area contributed by atoms with E-state index in [0.717, 1.165) is 10.8 Å². The molecule has 1 N–H and O–H groups in total. The van der Waals surface area contributed by atoms with Crippen molar-refractivity contribution >= 4 is 28.7 Å². The van der Waals surface area contributed by atoms with Crippen LogP contribution in [0.5, 0.6) is 0 Å². The zero-order chi connectivity index (χ0) is 12.2. The van der Waals surface area contributed by atoms with E-state index in [-0.39, 0.29) is 6.09 Å². The molecule has 1 rings (SSSR count). The minimum atomic E-state index is -0.404. The predicted octanol–water partition coefficient (Wildman–Crippen LogP) is 3.50. The fourth-order valence-corrected chi connectivity index (χ4v) is 3.10. The third-order valence-corrected chi connectivity index (χ3v) is 3.94. The average Bonchev–Trinajstić information content (AvgIpc) is 2.15. The van der Waals surface area contributed by atoms with Crippen LogP contribution >= 0.6 is 22.6 Å². The number of rotatable bonds is 2. The van der Waals surface area contributed by atoms with E-state index in [2.05, 4.69) is 27.9 Å². The number of nitrogens with one attached hydrogen (secondary N) is 1. The van der Waals surface area contributed by atoms with Crippen molar-refractivity contribution in [3.63, 3.8) is 0 Å². The lowest BCUT2D eigenvalue weighted by Gasteiger charge is -2.31. The van der Waals surface area contributed by atoms with Crippen molar-refractivity contribution in [3.8, 4) is 0 Å². The van der Waals surface area contributed by atoms with Crippen LogP contribution in [0.25, 0.3) is 0 Å². The maximum absolute atomic E-state index is 11.7. The van der Waals surface area contributed by atoms with Gasteiger partial charge in [-0.05, 0) is 39.5 Å². The van der Waals surface area contributed by atoms with E-state index in [0.29, 0.717) is 12.0 Å². The molecule has 0 radical (unpaired) electrons. The first-order chi connectivity index (χ1) is 7.42. The van der Waals surface area contributed by atoms with Crippen LogP contribution in [0.2, 0.25) is 0 Å². The summed E-state index contributed by atoms with van der Waals surface area (Å²) in [5, 5.41) is 3.01. The van der Waals surface area contributed by atoms with Gasteiger partial charge in [0.2, 0.25) is 0 Å². The van der Waals surface area contributed by atoms with Crippen LogP contribution in [0.4, 0.5) is 4.79 Å². The summed E-state index contributed by atoms with van der Waals surface area (Å²) < 4.78 is 6.39. The molecule has 0 aliphatic heterocycles. The Bertz CT molecular complexity index is 238. The summed E-state index contributed by atoms with van der Waals surface area (Å²) >= 11 is 2.40. The van der Waals surface area contributed by atoms with Crippen molar-refractivity contribution in [2.45, 2.75) is 58.1 Å². The van der Waals surface area contributed by atoms with Gasteiger partial charge in [-0.3, -0.25) is 0 Å². The molecule has 0 saturated heterocycles. The Labute approximate surface area is 112 Å². The molecule has 1 aliphatic carbocycles. The van der Waals surface area contributed by atoms with E-state index >= 15 is 0 Å². The van der Waals surface area contributed by atoms with Gasteiger partial charge in [-0.25, -0.2) is 4.79 Å². The van der Waals surface area contributed by atoms with Gasteiger partial charge in [0.05, 0.1) is 0 Å². The van der Waals surface area contributed by atoms with Gasteiger partial charge >= 0.3 is 6.09 Å². The number of halogens is 1. The van der Waals surface area contributed by atoms with E-state index in [1.165, 1.54) is 19.3 Å². The standard InChI is InChI=1S/C12H22INO2/c1-12(2,3)16-11(15)14-10-7-5-4-6-9(10)8-13/h9-10H,4-8H2,1-3H3,(H,14,15)/t9-,10+/m1/s1. The molecule has 4 heteroatoms. The van der Waals surface area contributed by atoms with Gasteiger partial charge in [-0.1, -0.05) is 35.4 Å². The Hall–Kier alpha value is 0. The molecule has 0 aromatic rings. The third-order valence-electron chi connectivity index (χ3n) is 2.81. The minimum absolute atomic E-state index is 0.269. The van der Waals surface area contributed by atoms with Crippen molar-refractivity contribution < 1.29 is 9.53 Å². The van der Waals surface area contributed by atoms with E-state index < -0.39 is 5.60 Å². The van der Waals surface area contributed by atoms with Gasteiger partial charge < -0.3 is 10.1 Å². The fourth-order valence-electron chi connectivity index (χ4n) is 2.04. The maximum Gasteiger partial charge on any atom is 0.407 e. The molecule has 0 aromatic heterocycles. The molecule has 2 atom stereocenters. The molecule has 1 fully saturated rings. The lowest BCUT2D eigenvalue weighted by molar-refractivity contribution is 0.0475. The summed E-state index contributed by atoms with van der Waals surface area (Å²) in [4.78, 5) is 11.7. The number of ether oxygens (including phenoxy) is 1. The van der Waals surface area contributed by atoms with Gasteiger partial charge in [0.15, 0.2) is 0 Å². The summed E-state index contributed by atoms with van der Waals surface area (Å²) in [6, 6.07) is 0.306. The van der Waals surface area contributed by atoms with Crippen molar-refractivity contribution in [1.29, 1.82) is 0 Å². The zero-order valence-corrected chi connectivity index (χ0v) is 12.5. The second kappa shape index (κ2) is 6.07. The first-order valence-electron chi connectivity index (χ1n) is 5.98. The van der Waals surface area contributed by atoms with Crippen molar-refractivity contribution in [3.05, 3.63) is 0 Å².